The second-order valence-electron chi connectivity index (χ2n) is 5.96. The van der Waals surface area contributed by atoms with Gasteiger partial charge < -0.3 is 9.84 Å². The first-order valence-corrected chi connectivity index (χ1v) is 7.09. The molecule has 0 aromatic heterocycles. The number of hydrogen-bond donors (Lipinski definition) is 1. The van der Waals surface area contributed by atoms with Gasteiger partial charge in [-0.25, -0.2) is 9.18 Å². The zero-order chi connectivity index (χ0) is 14.7. The minimum Gasteiger partial charge on any atom is -0.478 e. The van der Waals surface area contributed by atoms with Gasteiger partial charge in [-0.1, -0.05) is 19.9 Å². The fourth-order valence-corrected chi connectivity index (χ4v) is 3.09. The Kier molecular flexibility index (Phi) is 4.76. The van der Waals surface area contributed by atoms with Crippen molar-refractivity contribution in [3.63, 3.8) is 0 Å². The van der Waals surface area contributed by atoms with E-state index in [2.05, 4.69) is 13.8 Å². The number of carboxylic acids is 1. The first-order chi connectivity index (χ1) is 9.45. The maximum absolute atomic E-state index is 13.1. The van der Waals surface area contributed by atoms with Gasteiger partial charge in [0.2, 0.25) is 0 Å². The van der Waals surface area contributed by atoms with E-state index >= 15 is 0 Å². The predicted octanol–water partition coefficient (Wildman–Crippen LogP) is 3.87. The first-order valence-electron chi connectivity index (χ1n) is 7.09. The molecule has 1 fully saturated rings. The molecule has 2 unspecified atom stereocenters. The second-order valence-corrected chi connectivity index (χ2v) is 5.96. The van der Waals surface area contributed by atoms with Crippen molar-refractivity contribution in [3.8, 4) is 0 Å². The van der Waals surface area contributed by atoms with Crippen LogP contribution in [0, 0.1) is 17.7 Å². The molecule has 0 aliphatic heterocycles. The number of aromatic carboxylic acids is 1. The summed E-state index contributed by atoms with van der Waals surface area (Å²) >= 11 is 0. The van der Waals surface area contributed by atoms with E-state index in [0.717, 1.165) is 18.9 Å². The third-order valence-corrected chi connectivity index (χ3v) is 3.91. The average molecular weight is 280 g/mol. The van der Waals surface area contributed by atoms with Crippen LogP contribution in [-0.2, 0) is 11.3 Å². The summed E-state index contributed by atoms with van der Waals surface area (Å²) in [6.07, 6.45) is 3.40. The van der Waals surface area contributed by atoms with E-state index in [0.29, 0.717) is 17.4 Å². The summed E-state index contributed by atoms with van der Waals surface area (Å²) < 4.78 is 19.0. The average Bonchev–Trinajstić information content (AvgIpc) is 2.36. The lowest BCUT2D eigenvalue weighted by atomic mass is 9.82. The van der Waals surface area contributed by atoms with Crippen molar-refractivity contribution in [2.45, 2.75) is 45.8 Å². The van der Waals surface area contributed by atoms with Crippen LogP contribution in [-0.4, -0.2) is 17.2 Å². The number of benzene rings is 1. The molecular weight excluding hydrogens is 259 g/mol. The van der Waals surface area contributed by atoms with Gasteiger partial charge in [-0.15, -0.1) is 0 Å². The molecule has 1 aromatic rings. The number of ether oxygens (including phenoxy) is 1. The zero-order valence-electron chi connectivity index (χ0n) is 11.9. The Bertz CT molecular complexity index is 477. The summed E-state index contributed by atoms with van der Waals surface area (Å²) in [4.78, 5) is 11.1. The smallest absolute Gasteiger partial charge is 0.336 e. The SMILES string of the molecule is CC1CC(C)CC(OCc2ccc(F)cc2C(=O)O)C1. The largest absolute Gasteiger partial charge is 0.478 e. The summed E-state index contributed by atoms with van der Waals surface area (Å²) in [6.45, 7) is 4.66. The molecule has 1 aromatic carbocycles. The van der Waals surface area contributed by atoms with Crippen LogP contribution in [0.1, 0.15) is 49.0 Å². The van der Waals surface area contributed by atoms with Gasteiger partial charge in [0, 0.05) is 0 Å². The third kappa shape index (κ3) is 3.79. The van der Waals surface area contributed by atoms with E-state index in [1.807, 2.05) is 0 Å². The molecule has 0 amide bonds. The highest BCUT2D eigenvalue weighted by atomic mass is 19.1. The van der Waals surface area contributed by atoms with E-state index in [1.54, 1.807) is 0 Å². The van der Waals surface area contributed by atoms with Crippen LogP contribution < -0.4 is 0 Å². The Labute approximate surface area is 118 Å². The topological polar surface area (TPSA) is 46.5 Å². The second kappa shape index (κ2) is 6.35. The van der Waals surface area contributed by atoms with Crippen LogP contribution in [0.25, 0.3) is 0 Å². The summed E-state index contributed by atoms with van der Waals surface area (Å²) in [5.74, 6) is -0.383. The molecule has 2 rings (SSSR count). The maximum atomic E-state index is 13.1. The Morgan fingerprint density at radius 3 is 2.55 bits per heavy atom. The lowest BCUT2D eigenvalue weighted by molar-refractivity contribution is -0.00958. The normalized spacial score (nSPS) is 26.4. The van der Waals surface area contributed by atoms with Crippen molar-refractivity contribution in [2.24, 2.45) is 11.8 Å². The van der Waals surface area contributed by atoms with Gasteiger partial charge in [-0.2, -0.15) is 0 Å². The first kappa shape index (κ1) is 15.0. The van der Waals surface area contributed by atoms with Crippen molar-refractivity contribution in [1.82, 2.24) is 0 Å². The fraction of sp³-hybridized carbons (Fsp3) is 0.562. The van der Waals surface area contributed by atoms with Crippen molar-refractivity contribution >= 4 is 5.97 Å². The number of hydrogen-bond acceptors (Lipinski definition) is 2. The Hall–Kier alpha value is -1.42. The lowest BCUT2D eigenvalue weighted by Gasteiger charge is -2.31. The van der Waals surface area contributed by atoms with Gasteiger partial charge in [0.15, 0.2) is 0 Å². The molecule has 0 bridgehead atoms. The molecule has 110 valence electrons. The van der Waals surface area contributed by atoms with Crippen molar-refractivity contribution in [3.05, 3.63) is 35.1 Å². The molecule has 1 aliphatic rings. The van der Waals surface area contributed by atoms with Gasteiger partial charge in [0.05, 0.1) is 18.3 Å². The molecule has 2 atom stereocenters. The van der Waals surface area contributed by atoms with E-state index in [-0.39, 0.29) is 18.3 Å². The summed E-state index contributed by atoms with van der Waals surface area (Å²) in [6, 6.07) is 3.82. The molecule has 1 aliphatic carbocycles. The van der Waals surface area contributed by atoms with Gasteiger partial charge in [-0.3, -0.25) is 0 Å². The summed E-state index contributed by atoms with van der Waals surface area (Å²) in [7, 11) is 0. The number of rotatable bonds is 4. The molecule has 20 heavy (non-hydrogen) atoms. The molecule has 4 heteroatoms. The summed E-state index contributed by atoms with van der Waals surface area (Å²) in [5.41, 5.74) is 0.520. The number of carboxylic acid groups (broad SMARTS) is 1. The molecular formula is C16H21FO3. The Morgan fingerprint density at radius 2 is 1.95 bits per heavy atom. The fourth-order valence-electron chi connectivity index (χ4n) is 3.09. The van der Waals surface area contributed by atoms with Gasteiger partial charge >= 0.3 is 5.97 Å². The number of carbonyl (C=O) groups is 1. The molecule has 3 nitrogen and oxygen atoms in total. The molecule has 0 spiro atoms. The Balaban J connectivity index is 2.02. The predicted molar refractivity (Wildman–Crippen MR) is 74.1 cm³/mol. The minimum atomic E-state index is -1.12. The monoisotopic (exact) mass is 280 g/mol. The van der Waals surface area contributed by atoms with E-state index in [1.165, 1.54) is 18.6 Å². The van der Waals surface area contributed by atoms with Crippen LogP contribution in [0.15, 0.2) is 18.2 Å². The number of halogens is 1. The van der Waals surface area contributed by atoms with Gasteiger partial charge in [-0.05, 0) is 48.8 Å². The highest BCUT2D eigenvalue weighted by Crippen LogP contribution is 2.31. The maximum Gasteiger partial charge on any atom is 0.336 e. The van der Waals surface area contributed by atoms with Crippen LogP contribution in [0.5, 0.6) is 0 Å². The molecule has 1 N–H and O–H groups in total. The quantitative estimate of drug-likeness (QED) is 0.910. The standard InChI is InChI=1S/C16H21FO3/c1-10-5-11(2)7-14(6-10)20-9-12-3-4-13(17)8-15(12)16(18)19/h3-4,8,10-11,14H,5-7,9H2,1-2H3,(H,18,19). The van der Waals surface area contributed by atoms with Gasteiger partial charge in [0.25, 0.3) is 0 Å². The van der Waals surface area contributed by atoms with Crippen LogP contribution in [0.3, 0.4) is 0 Å². The minimum absolute atomic E-state index is 0.0121. The van der Waals surface area contributed by atoms with Crippen molar-refractivity contribution < 1.29 is 19.0 Å². The zero-order valence-corrected chi connectivity index (χ0v) is 11.9. The Morgan fingerprint density at radius 1 is 1.30 bits per heavy atom. The molecule has 0 radical (unpaired) electrons. The molecule has 0 saturated heterocycles. The third-order valence-electron chi connectivity index (χ3n) is 3.91. The lowest BCUT2D eigenvalue weighted by Crippen LogP contribution is -2.26. The molecule has 0 heterocycles. The summed E-state index contributed by atoms with van der Waals surface area (Å²) in [5, 5.41) is 9.09. The highest BCUT2D eigenvalue weighted by molar-refractivity contribution is 5.89. The van der Waals surface area contributed by atoms with Crippen molar-refractivity contribution in [2.75, 3.05) is 0 Å². The van der Waals surface area contributed by atoms with E-state index in [9.17, 15) is 9.18 Å². The van der Waals surface area contributed by atoms with Crippen LogP contribution in [0.2, 0.25) is 0 Å². The van der Waals surface area contributed by atoms with Crippen LogP contribution >= 0.6 is 0 Å². The van der Waals surface area contributed by atoms with E-state index in [4.69, 9.17) is 9.84 Å². The van der Waals surface area contributed by atoms with E-state index < -0.39 is 11.8 Å². The molecule has 1 saturated carbocycles. The van der Waals surface area contributed by atoms with Crippen molar-refractivity contribution in [1.29, 1.82) is 0 Å². The van der Waals surface area contributed by atoms with Crippen LogP contribution in [0.4, 0.5) is 4.39 Å². The van der Waals surface area contributed by atoms with Gasteiger partial charge in [0.1, 0.15) is 5.82 Å². The highest BCUT2D eigenvalue weighted by Gasteiger charge is 2.24.